The van der Waals surface area contributed by atoms with Crippen LogP contribution in [0.5, 0.6) is 0 Å². The third-order valence-corrected chi connectivity index (χ3v) is 6.92. The number of hydrogen-bond donors (Lipinski definition) is 0. The third kappa shape index (κ3) is 2.79. The van der Waals surface area contributed by atoms with Crippen LogP contribution >= 0.6 is 0 Å². The second-order valence-electron chi connectivity index (χ2n) is 9.24. The lowest BCUT2D eigenvalue weighted by Crippen LogP contribution is -2.61. The molecule has 10 nitrogen and oxygen atoms in total. The highest BCUT2D eigenvalue weighted by atomic mass is 16.7. The Morgan fingerprint density at radius 2 is 1.00 bits per heavy atom. The van der Waals surface area contributed by atoms with E-state index in [-0.39, 0.29) is 26.4 Å². The highest BCUT2D eigenvalue weighted by Crippen LogP contribution is 2.51. The van der Waals surface area contributed by atoms with Gasteiger partial charge >= 0.3 is 0 Å². The highest BCUT2D eigenvalue weighted by molar-refractivity contribution is 6.22. The molecule has 4 aliphatic heterocycles. The molecule has 0 saturated carbocycles. The number of amides is 4. The summed E-state index contributed by atoms with van der Waals surface area (Å²) in [5.74, 6) is -5.55. The summed E-state index contributed by atoms with van der Waals surface area (Å²) in [6.45, 7) is 2.73. The monoisotopic (exact) mass is 478 g/mol. The van der Waals surface area contributed by atoms with Gasteiger partial charge in [0.25, 0.3) is 23.4 Å². The fourth-order valence-electron chi connectivity index (χ4n) is 5.17. The average molecular weight is 478 g/mol. The Kier molecular flexibility index (Phi) is 4.59. The van der Waals surface area contributed by atoms with E-state index >= 15 is 0 Å². The van der Waals surface area contributed by atoms with Gasteiger partial charge in [-0.05, 0) is 12.1 Å². The maximum absolute atomic E-state index is 13.2. The second kappa shape index (κ2) is 7.28. The minimum atomic E-state index is -1.73. The Balaban J connectivity index is 1.26. The van der Waals surface area contributed by atoms with Crippen LogP contribution in [0.4, 0.5) is 11.4 Å². The Bertz CT molecular complexity index is 1180. The standard InChI is InChI=1S/C25H22N2O8/c1-15(28)26-19-9-5-3-7-17(19)24(21(26)30)32-11-23(12-33-24)13-34-25(35-14-23)18-8-4-6-10-20(18)27(16(2)29)22(25)31/h3-10H,11-14H2,1-2H3. The van der Waals surface area contributed by atoms with Crippen LogP contribution in [0.1, 0.15) is 25.0 Å². The first-order valence-electron chi connectivity index (χ1n) is 11.2. The summed E-state index contributed by atoms with van der Waals surface area (Å²) >= 11 is 0. The summed E-state index contributed by atoms with van der Waals surface area (Å²) < 4.78 is 24.3. The van der Waals surface area contributed by atoms with Crippen LogP contribution in [0.15, 0.2) is 48.5 Å². The molecule has 4 aliphatic rings. The highest BCUT2D eigenvalue weighted by Gasteiger charge is 2.63. The summed E-state index contributed by atoms with van der Waals surface area (Å²) in [4.78, 5) is 53.0. The summed E-state index contributed by atoms with van der Waals surface area (Å²) in [6, 6.07) is 13.7. The molecule has 4 heterocycles. The van der Waals surface area contributed by atoms with Gasteiger partial charge < -0.3 is 18.9 Å². The molecule has 0 aromatic heterocycles. The molecule has 3 spiro atoms. The van der Waals surface area contributed by atoms with Crippen molar-refractivity contribution in [2.45, 2.75) is 25.4 Å². The number of fused-ring (bicyclic) bond motifs is 4. The quantitative estimate of drug-likeness (QED) is 0.561. The zero-order valence-corrected chi connectivity index (χ0v) is 19.1. The summed E-state index contributed by atoms with van der Waals surface area (Å²) in [6.07, 6.45) is 0. The molecular weight excluding hydrogens is 456 g/mol. The predicted molar refractivity (Wildman–Crippen MR) is 119 cm³/mol. The Labute approximate surface area is 200 Å². The molecule has 2 aromatic carbocycles. The molecule has 2 aromatic rings. The third-order valence-electron chi connectivity index (χ3n) is 6.92. The van der Waals surface area contributed by atoms with Crippen molar-refractivity contribution < 1.29 is 38.1 Å². The maximum Gasteiger partial charge on any atom is 0.299 e. The lowest BCUT2D eigenvalue weighted by molar-refractivity contribution is -0.353. The van der Waals surface area contributed by atoms with Crippen molar-refractivity contribution in [2.75, 3.05) is 36.2 Å². The first-order valence-corrected chi connectivity index (χ1v) is 11.2. The number of carbonyl (C=O) groups is 4. The molecule has 6 rings (SSSR count). The molecule has 0 N–H and O–H groups in total. The molecule has 10 heteroatoms. The van der Waals surface area contributed by atoms with E-state index < -0.39 is 40.6 Å². The number of rotatable bonds is 0. The van der Waals surface area contributed by atoms with Gasteiger partial charge in [-0.25, -0.2) is 9.80 Å². The smallest absolute Gasteiger partial charge is 0.299 e. The number of anilines is 2. The van der Waals surface area contributed by atoms with Crippen LogP contribution in [-0.4, -0.2) is 50.1 Å². The largest absolute Gasteiger partial charge is 0.338 e. The molecule has 180 valence electrons. The van der Waals surface area contributed by atoms with E-state index in [1.807, 2.05) is 0 Å². The van der Waals surface area contributed by atoms with Gasteiger partial charge in [0, 0.05) is 25.0 Å². The molecule has 35 heavy (non-hydrogen) atoms. The summed E-state index contributed by atoms with van der Waals surface area (Å²) in [5.41, 5.74) is 0.971. The normalized spacial score (nSPS) is 31.4. The number of carbonyl (C=O) groups excluding carboxylic acids is 4. The van der Waals surface area contributed by atoms with Crippen molar-refractivity contribution in [3.63, 3.8) is 0 Å². The van der Waals surface area contributed by atoms with Crippen LogP contribution in [0.3, 0.4) is 0 Å². The predicted octanol–water partition coefficient (Wildman–Crippen LogP) is 1.56. The zero-order valence-electron chi connectivity index (χ0n) is 19.1. The van der Waals surface area contributed by atoms with Gasteiger partial charge in [0.15, 0.2) is 0 Å². The minimum Gasteiger partial charge on any atom is -0.338 e. The molecule has 4 amide bonds. The first-order chi connectivity index (χ1) is 16.7. The van der Waals surface area contributed by atoms with E-state index in [9.17, 15) is 19.2 Å². The first kappa shape index (κ1) is 22.1. The minimum absolute atomic E-state index is 0.0289. The SMILES string of the molecule is CC(=O)N1C(=O)C2(OCC3(CO2)COC2(OC3)C(=O)N(C(C)=O)c3ccccc32)c2ccccc21. The second-order valence-corrected chi connectivity index (χ2v) is 9.24. The molecule has 0 radical (unpaired) electrons. The number of benzene rings is 2. The van der Waals surface area contributed by atoms with Crippen molar-refractivity contribution in [1.82, 2.24) is 0 Å². The zero-order chi connectivity index (χ0) is 24.6. The number of imide groups is 2. The van der Waals surface area contributed by atoms with Gasteiger partial charge in [-0.3, -0.25) is 19.2 Å². The van der Waals surface area contributed by atoms with E-state index in [0.717, 1.165) is 9.80 Å². The molecule has 2 saturated heterocycles. The van der Waals surface area contributed by atoms with Gasteiger partial charge in [0.05, 0.1) is 43.2 Å². The Morgan fingerprint density at radius 1 is 0.657 bits per heavy atom. The van der Waals surface area contributed by atoms with Crippen LogP contribution in [0.25, 0.3) is 0 Å². The number of para-hydroxylation sites is 2. The number of hydrogen-bond acceptors (Lipinski definition) is 8. The van der Waals surface area contributed by atoms with Crippen molar-refractivity contribution in [3.05, 3.63) is 59.7 Å². The van der Waals surface area contributed by atoms with Gasteiger partial charge in [-0.15, -0.1) is 0 Å². The lowest BCUT2D eigenvalue weighted by Gasteiger charge is -2.48. The van der Waals surface area contributed by atoms with Gasteiger partial charge in [-0.1, -0.05) is 36.4 Å². The molecule has 0 unspecified atom stereocenters. The molecular formula is C25H22N2O8. The van der Waals surface area contributed by atoms with E-state index in [0.29, 0.717) is 22.5 Å². The van der Waals surface area contributed by atoms with Crippen molar-refractivity contribution >= 4 is 35.0 Å². The van der Waals surface area contributed by atoms with Gasteiger partial charge in [0.1, 0.15) is 0 Å². The van der Waals surface area contributed by atoms with Crippen molar-refractivity contribution in [3.8, 4) is 0 Å². The topological polar surface area (TPSA) is 112 Å². The molecule has 0 atom stereocenters. The molecule has 0 bridgehead atoms. The van der Waals surface area contributed by atoms with Crippen LogP contribution in [0.2, 0.25) is 0 Å². The molecule has 2 fully saturated rings. The van der Waals surface area contributed by atoms with Crippen LogP contribution < -0.4 is 9.80 Å². The van der Waals surface area contributed by atoms with E-state index in [1.54, 1.807) is 48.5 Å². The molecule has 0 aliphatic carbocycles. The van der Waals surface area contributed by atoms with E-state index in [2.05, 4.69) is 0 Å². The lowest BCUT2D eigenvalue weighted by atomic mass is 9.88. The number of ether oxygens (including phenoxy) is 4. The Hall–Kier alpha value is -3.44. The van der Waals surface area contributed by atoms with Gasteiger partial charge in [-0.2, -0.15) is 0 Å². The maximum atomic E-state index is 13.2. The fraction of sp³-hybridized carbons (Fsp3) is 0.360. The average Bonchev–Trinajstić information content (AvgIpc) is 3.24. The number of nitrogens with zero attached hydrogens (tertiary/aromatic N) is 2. The fourth-order valence-corrected chi connectivity index (χ4v) is 5.17. The van der Waals surface area contributed by atoms with Crippen LogP contribution in [-0.2, 0) is 49.7 Å². The summed E-state index contributed by atoms with van der Waals surface area (Å²) in [7, 11) is 0. The van der Waals surface area contributed by atoms with Gasteiger partial charge in [0.2, 0.25) is 11.8 Å². The van der Waals surface area contributed by atoms with E-state index in [1.165, 1.54) is 13.8 Å². The Morgan fingerprint density at radius 3 is 1.34 bits per heavy atom. The van der Waals surface area contributed by atoms with E-state index in [4.69, 9.17) is 18.9 Å². The summed E-state index contributed by atoms with van der Waals surface area (Å²) in [5, 5.41) is 0. The van der Waals surface area contributed by atoms with Crippen molar-refractivity contribution in [1.29, 1.82) is 0 Å². The van der Waals surface area contributed by atoms with Crippen LogP contribution in [0, 0.1) is 5.41 Å². The van der Waals surface area contributed by atoms with Crippen molar-refractivity contribution in [2.24, 2.45) is 5.41 Å².